The number of sulfonamides is 1. The lowest BCUT2D eigenvalue weighted by Crippen LogP contribution is -2.54. The molecule has 146 valence electrons. The van der Waals surface area contributed by atoms with E-state index >= 15 is 0 Å². The minimum Gasteiger partial charge on any atom is -0.338 e. The summed E-state index contributed by atoms with van der Waals surface area (Å²) in [6, 6.07) is 5.00. The quantitative estimate of drug-likeness (QED) is 0.848. The molecule has 1 amide bonds. The van der Waals surface area contributed by atoms with Crippen LogP contribution in [0.15, 0.2) is 23.1 Å². The van der Waals surface area contributed by atoms with Crippen LogP contribution in [0.1, 0.15) is 50.0 Å². The topological polar surface area (TPSA) is 83.7 Å². The Hall–Kier alpha value is -1.44. The number of likely N-dealkylation sites (tertiary alicyclic amines) is 1. The number of aryl methyl sites for hydroxylation is 1. The van der Waals surface area contributed by atoms with Crippen LogP contribution in [0.4, 0.5) is 0 Å². The molecule has 0 aromatic heterocycles. The molecule has 1 aromatic carbocycles. The van der Waals surface area contributed by atoms with Crippen LogP contribution in [0.2, 0.25) is 0 Å². The van der Waals surface area contributed by atoms with Crippen molar-refractivity contribution in [3.63, 3.8) is 0 Å². The van der Waals surface area contributed by atoms with E-state index in [9.17, 15) is 13.2 Å². The Balaban J connectivity index is 2.36. The predicted octanol–water partition coefficient (Wildman–Crippen LogP) is 2.22. The van der Waals surface area contributed by atoms with Gasteiger partial charge in [0, 0.05) is 37.8 Å². The van der Waals surface area contributed by atoms with Crippen LogP contribution in [-0.4, -0.2) is 55.8 Å². The Kier molecular flexibility index (Phi) is 6.15. The summed E-state index contributed by atoms with van der Waals surface area (Å²) < 4.78 is 27.2. The third-order valence-corrected chi connectivity index (χ3v) is 7.55. The van der Waals surface area contributed by atoms with Crippen molar-refractivity contribution in [2.75, 3.05) is 26.2 Å². The first-order valence-electron chi connectivity index (χ1n) is 9.20. The fraction of sp³-hybridized carbons (Fsp3) is 0.632. The first-order chi connectivity index (χ1) is 12.0. The first kappa shape index (κ1) is 20.9. The molecule has 1 unspecified atom stereocenters. The van der Waals surface area contributed by atoms with E-state index in [1.54, 1.807) is 24.0 Å². The van der Waals surface area contributed by atoms with Crippen LogP contribution in [-0.2, 0) is 10.0 Å². The van der Waals surface area contributed by atoms with Crippen LogP contribution < -0.4 is 5.73 Å². The van der Waals surface area contributed by atoms with Crippen LogP contribution in [0, 0.1) is 12.3 Å². The van der Waals surface area contributed by atoms with Crippen molar-refractivity contribution in [1.82, 2.24) is 9.21 Å². The van der Waals surface area contributed by atoms with E-state index in [1.807, 2.05) is 13.8 Å². The lowest BCUT2D eigenvalue weighted by atomic mass is 9.79. The Bertz CT molecular complexity index is 770. The largest absolute Gasteiger partial charge is 0.338 e. The summed E-state index contributed by atoms with van der Waals surface area (Å²) in [5.41, 5.74) is 7.06. The van der Waals surface area contributed by atoms with Crippen LogP contribution in [0.25, 0.3) is 0 Å². The number of nitrogens with two attached hydrogens (primary N) is 1. The summed E-state index contributed by atoms with van der Waals surface area (Å²) in [5, 5.41) is 0. The third-order valence-electron chi connectivity index (χ3n) is 5.36. The molecule has 1 atom stereocenters. The maximum atomic E-state index is 13.0. The van der Waals surface area contributed by atoms with E-state index in [0.29, 0.717) is 37.3 Å². The average Bonchev–Trinajstić information content (AvgIpc) is 2.57. The molecule has 2 N–H and O–H groups in total. The van der Waals surface area contributed by atoms with Gasteiger partial charge in [0.2, 0.25) is 10.0 Å². The number of piperidine rings is 1. The maximum Gasteiger partial charge on any atom is 0.253 e. The highest BCUT2D eigenvalue weighted by Crippen LogP contribution is 2.29. The van der Waals surface area contributed by atoms with Crippen molar-refractivity contribution < 1.29 is 13.2 Å². The molecular formula is C19H31N3O3S. The zero-order valence-electron chi connectivity index (χ0n) is 16.4. The van der Waals surface area contributed by atoms with Gasteiger partial charge in [-0.15, -0.1) is 0 Å². The summed E-state index contributed by atoms with van der Waals surface area (Å²) in [6.45, 7) is 11.4. The van der Waals surface area contributed by atoms with Gasteiger partial charge in [-0.3, -0.25) is 4.79 Å². The number of carbonyl (C=O) groups is 1. The fourth-order valence-electron chi connectivity index (χ4n) is 3.44. The highest BCUT2D eigenvalue weighted by molar-refractivity contribution is 7.89. The minimum atomic E-state index is -3.61. The monoisotopic (exact) mass is 381 g/mol. The summed E-state index contributed by atoms with van der Waals surface area (Å²) in [4.78, 5) is 15.0. The van der Waals surface area contributed by atoms with Gasteiger partial charge in [0.15, 0.2) is 0 Å². The van der Waals surface area contributed by atoms with E-state index < -0.39 is 10.0 Å². The van der Waals surface area contributed by atoms with Gasteiger partial charge in [-0.25, -0.2) is 8.42 Å². The Morgan fingerprint density at radius 3 is 2.46 bits per heavy atom. The van der Waals surface area contributed by atoms with Gasteiger partial charge in [-0.05, 0) is 36.5 Å². The van der Waals surface area contributed by atoms with Crippen molar-refractivity contribution in [2.45, 2.75) is 52.0 Å². The zero-order chi connectivity index (χ0) is 19.7. The highest BCUT2D eigenvalue weighted by atomic mass is 32.2. The first-order valence-corrected chi connectivity index (χ1v) is 10.6. The number of nitrogens with zero attached hydrogens (tertiary/aromatic N) is 2. The van der Waals surface area contributed by atoms with Gasteiger partial charge < -0.3 is 10.6 Å². The molecule has 7 heteroatoms. The van der Waals surface area contributed by atoms with Crippen molar-refractivity contribution in [1.29, 1.82) is 0 Å². The summed E-state index contributed by atoms with van der Waals surface area (Å²) in [5.74, 6) is -0.138. The number of hydrogen-bond donors (Lipinski definition) is 1. The van der Waals surface area contributed by atoms with Crippen molar-refractivity contribution in [2.24, 2.45) is 11.1 Å². The van der Waals surface area contributed by atoms with Gasteiger partial charge in [-0.1, -0.05) is 33.8 Å². The molecule has 0 radical (unpaired) electrons. The average molecular weight is 382 g/mol. The molecule has 2 rings (SSSR count). The molecule has 0 saturated carbocycles. The summed E-state index contributed by atoms with van der Waals surface area (Å²) in [7, 11) is -3.61. The molecule has 26 heavy (non-hydrogen) atoms. The van der Waals surface area contributed by atoms with Crippen molar-refractivity contribution in [3.05, 3.63) is 29.3 Å². The van der Waals surface area contributed by atoms with Crippen LogP contribution in [0.5, 0.6) is 0 Å². The normalized spacial score (nSPS) is 20.4. The SMILES string of the molecule is CCN(CC)S(=O)(=O)c1cc(C(=O)N2CCC(N)C(C)(C)C2)ccc1C. The third kappa shape index (κ3) is 3.94. The molecule has 1 fully saturated rings. The summed E-state index contributed by atoms with van der Waals surface area (Å²) >= 11 is 0. The molecule has 6 nitrogen and oxygen atoms in total. The molecular weight excluding hydrogens is 350 g/mol. The Morgan fingerprint density at radius 2 is 1.92 bits per heavy atom. The van der Waals surface area contributed by atoms with E-state index in [4.69, 9.17) is 5.73 Å². The van der Waals surface area contributed by atoms with Gasteiger partial charge >= 0.3 is 0 Å². The highest BCUT2D eigenvalue weighted by Gasteiger charge is 2.36. The van der Waals surface area contributed by atoms with Crippen LogP contribution >= 0.6 is 0 Å². The van der Waals surface area contributed by atoms with Gasteiger partial charge in [0.25, 0.3) is 5.91 Å². The molecule has 0 bridgehead atoms. The maximum absolute atomic E-state index is 13.0. The molecule has 1 aliphatic rings. The van der Waals surface area contributed by atoms with E-state index in [-0.39, 0.29) is 22.3 Å². The van der Waals surface area contributed by atoms with Crippen molar-refractivity contribution in [3.8, 4) is 0 Å². The number of benzene rings is 1. The molecule has 1 aliphatic heterocycles. The molecule has 1 saturated heterocycles. The van der Waals surface area contributed by atoms with E-state index in [0.717, 1.165) is 6.42 Å². The molecule has 1 aromatic rings. The van der Waals surface area contributed by atoms with E-state index in [2.05, 4.69) is 13.8 Å². The lowest BCUT2D eigenvalue weighted by molar-refractivity contribution is 0.0532. The smallest absolute Gasteiger partial charge is 0.253 e. The van der Waals surface area contributed by atoms with Gasteiger partial charge in [-0.2, -0.15) is 4.31 Å². The Morgan fingerprint density at radius 1 is 1.31 bits per heavy atom. The van der Waals surface area contributed by atoms with Crippen molar-refractivity contribution >= 4 is 15.9 Å². The fourth-order valence-corrected chi connectivity index (χ4v) is 5.15. The standard InChI is InChI=1S/C19H31N3O3S/c1-6-22(7-2)26(24,25)16-12-15(9-8-14(16)3)18(23)21-11-10-17(20)19(4,5)13-21/h8-9,12,17H,6-7,10-11,13,20H2,1-5H3. The number of hydrogen-bond acceptors (Lipinski definition) is 4. The lowest BCUT2D eigenvalue weighted by Gasteiger charge is -2.42. The Labute approximate surface area is 157 Å². The predicted molar refractivity (Wildman–Crippen MR) is 104 cm³/mol. The van der Waals surface area contributed by atoms with Crippen LogP contribution in [0.3, 0.4) is 0 Å². The second-order valence-electron chi connectivity index (χ2n) is 7.68. The number of rotatable bonds is 5. The second kappa shape index (κ2) is 7.66. The summed E-state index contributed by atoms with van der Waals surface area (Å²) in [6.07, 6.45) is 0.745. The molecule has 1 heterocycles. The van der Waals surface area contributed by atoms with E-state index in [1.165, 1.54) is 10.4 Å². The molecule has 0 aliphatic carbocycles. The molecule has 0 spiro atoms. The number of amides is 1. The minimum absolute atomic E-state index is 0.0585. The van der Waals surface area contributed by atoms with Gasteiger partial charge in [0.1, 0.15) is 0 Å². The zero-order valence-corrected chi connectivity index (χ0v) is 17.3. The number of carbonyl (C=O) groups excluding carboxylic acids is 1. The second-order valence-corrected chi connectivity index (χ2v) is 9.59. The van der Waals surface area contributed by atoms with Gasteiger partial charge in [0.05, 0.1) is 4.90 Å².